The van der Waals surface area contributed by atoms with E-state index < -0.39 is 5.91 Å². The Balaban J connectivity index is 1.86. The number of aromatic nitrogens is 2. The Labute approximate surface area is 132 Å². The lowest BCUT2D eigenvalue weighted by Gasteiger charge is -2.07. The summed E-state index contributed by atoms with van der Waals surface area (Å²) in [6.07, 6.45) is 0. The number of phenolic OH excluding ortho intramolecular Hbond substituents is 1. The number of H-pyrrole nitrogens is 1. The molecule has 0 atom stereocenters. The van der Waals surface area contributed by atoms with Crippen molar-refractivity contribution in [3.05, 3.63) is 59.4 Å². The number of hydrogen-bond acceptors (Lipinski definition) is 4. The zero-order valence-corrected chi connectivity index (χ0v) is 12.8. The first-order valence-corrected chi connectivity index (χ1v) is 7.14. The molecule has 0 unspecified atom stereocenters. The van der Waals surface area contributed by atoms with Crippen LogP contribution < -0.4 is 5.43 Å². The molecule has 0 aliphatic rings. The van der Waals surface area contributed by atoms with Gasteiger partial charge in [-0.25, -0.2) is 5.43 Å². The van der Waals surface area contributed by atoms with Crippen LogP contribution in [0.3, 0.4) is 0 Å². The molecule has 0 aliphatic carbocycles. The lowest BCUT2D eigenvalue weighted by Crippen LogP contribution is -2.19. The Hall–Kier alpha value is -3.15. The van der Waals surface area contributed by atoms with Crippen molar-refractivity contribution >= 4 is 22.4 Å². The monoisotopic (exact) mass is 308 g/mol. The van der Waals surface area contributed by atoms with Crippen molar-refractivity contribution in [1.29, 1.82) is 0 Å². The highest BCUT2D eigenvalue weighted by atomic mass is 16.3. The Kier molecular flexibility index (Phi) is 3.80. The molecule has 2 aromatic carbocycles. The average molecular weight is 308 g/mol. The van der Waals surface area contributed by atoms with Gasteiger partial charge in [0, 0.05) is 16.6 Å². The van der Waals surface area contributed by atoms with Crippen LogP contribution in [-0.2, 0) is 0 Å². The van der Waals surface area contributed by atoms with Gasteiger partial charge in [0.1, 0.15) is 5.75 Å². The lowest BCUT2D eigenvalue weighted by atomic mass is 10.0. The van der Waals surface area contributed by atoms with Crippen molar-refractivity contribution in [1.82, 2.24) is 15.6 Å². The Morgan fingerprint density at radius 2 is 2.04 bits per heavy atom. The molecule has 0 saturated heterocycles. The van der Waals surface area contributed by atoms with Crippen LogP contribution in [0.25, 0.3) is 10.8 Å². The average Bonchev–Trinajstić information content (AvgIpc) is 2.99. The molecule has 0 fully saturated rings. The summed E-state index contributed by atoms with van der Waals surface area (Å²) in [5, 5.41) is 22.7. The third-order valence-corrected chi connectivity index (χ3v) is 3.55. The Morgan fingerprint density at radius 3 is 2.78 bits per heavy atom. The minimum Gasteiger partial charge on any atom is -0.507 e. The van der Waals surface area contributed by atoms with Crippen molar-refractivity contribution in [3.63, 3.8) is 0 Å². The molecular formula is C17H16N4O2. The van der Waals surface area contributed by atoms with E-state index in [-0.39, 0.29) is 11.4 Å². The first kappa shape index (κ1) is 14.8. The first-order chi connectivity index (χ1) is 11.1. The highest BCUT2D eigenvalue weighted by Gasteiger charge is 2.11. The van der Waals surface area contributed by atoms with Gasteiger partial charge in [-0.1, -0.05) is 30.3 Å². The third-order valence-electron chi connectivity index (χ3n) is 3.55. The Morgan fingerprint density at radius 1 is 1.26 bits per heavy atom. The molecule has 1 aromatic heterocycles. The predicted molar refractivity (Wildman–Crippen MR) is 88.6 cm³/mol. The predicted octanol–water partition coefficient (Wildman–Crippen LogP) is 2.73. The summed E-state index contributed by atoms with van der Waals surface area (Å²) in [4.78, 5) is 11.9. The molecule has 3 N–H and O–H groups in total. The highest BCUT2D eigenvalue weighted by molar-refractivity contribution is 6.06. The van der Waals surface area contributed by atoms with Crippen molar-refractivity contribution < 1.29 is 9.90 Å². The number of hydrogen-bond donors (Lipinski definition) is 3. The van der Waals surface area contributed by atoms with Crippen LogP contribution in [0.4, 0.5) is 0 Å². The number of hydrazone groups is 1. The van der Waals surface area contributed by atoms with Gasteiger partial charge in [-0.2, -0.15) is 10.2 Å². The topological polar surface area (TPSA) is 90.4 Å². The molecule has 3 rings (SSSR count). The molecule has 0 spiro atoms. The number of rotatable bonds is 3. The lowest BCUT2D eigenvalue weighted by molar-refractivity contribution is 0.0950. The second-order valence-corrected chi connectivity index (χ2v) is 5.26. The second kappa shape index (κ2) is 5.92. The minimum atomic E-state index is -0.408. The Bertz CT molecular complexity index is 912. The number of carbonyl (C=O) groups is 1. The van der Waals surface area contributed by atoms with Crippen molar-refractivity contribution in [2.45, 2.75) is 13.8 Å². The maximum atomic E-state index is 11.9. The molecule has 116 valence electrons. The van der Waals surface area contributed by atoms with Gasteiger partial charge in [0.25, 0.3) is 5.91 Å². The number of nitrogens with zero attached hydrogens (tertiary/aromatic N) is 2. The summed E-state index contributed by atoms with van der Waals surface area (Å²) in [6, 6.07) is 12.9. The molecular weight excluding hydrogens is 292 g/mol. The zero-order chi connectivity index (χ0) is 16.4. The number of amides is 1. The van der Waals surface area contributed by atoms with Crippen LogP contribution in [0.2, 0.25) is 0 Å². The number of fused-ring (bicyclic) bond motifs is 1. The zero-order valence-electron chi connectivity index (χ0n) is 12.8. The van der Waals surface area contributed by atoms with E-state index in [1.54, 1.807) is 19.1 Å². The first-order valence-electron chi connectivity index (χ1n) is 7.14. The van der Waals surface area contributed by atoms with Gasteiger partial charge in [-0.05, 0) is 31.4 Å². The molecule has 1 heterocycles. The maximum Gasteiger partial charge on any atom is 0.291 e. The van der Waals surface area contributed by atoms with Gasteiger partial charge in [0.05, 0.1) is 5.71 Å². The van der Waals surface area contributed by atoms with E-state index in [0.29, 0.717) is 11.3 Å². The van der Waals surface area contributed by atoms with Crippen LogP contribution in [0, 0.1) is 6.92 Å². The molecule has 23 heavy (non-hydrogen) atoms. The normalized spacial score (nSPS) is 11.7. The van der Waals surface area contributed by atoms with Gasteiger partial charge in [-0.3, -0.25) is 9.89 Å². The van der Waals surface area contributed by atoms with Gasteiger partial charge in [0.15, 0.2) is 5.69 Å². The highest BCUT2D eigenvalue weighted by Crippen LogP contribution is 2.28. The summed E-state index contributed by atoms with van der Waals surface area (Å²) in [5.74, 6) is -0.261. The molecule has 3 aromatic rings. The van der Waals surface area contributed by atoms with Gasteiger partial charge >= 0.3 is 0 Å². The number of phenols is 1. The minimum absolute atomic E-state index is 0.147. The van der Waals surface area contributed by atoms with Crippen molar-refractivity contribution in [3.8, 4) is 5.75 Å². The maximum absolute atomic E-state index is 11.9. The van der Waals surface area contributed by atoms with Crippen LogP contribution in [-0.4, -0.2) is 26.9 Å². The molecule has 0 saturated carbocycles. The van der Waals surface area contributed by atoms with E-state index in [1.165, 1.54) is 0 Å². The smallest absolute Gasteiger partial charge is 0.291 e. The largest absolute Gasteiger partial charge is 0.507 e. The van der Waals surface area contributed by atoms with E-state index in [9.17, 15) is 9.90 Å². The van der Waals surface area contributed by atoms with E-state index in [4.69, 9.17) is 0 Å². The van der Waals surface area contributed by atoms with Crippen molar-refractivity contribution in [2.75, 3.05) is 0 Å². The van der Waals surface area contributed by atoms with Crippen LogP contribution in [0.5, 0.6) is 5.75 Å². The fraction of sp³-hybridized carbons (Fsp3) is 0.118. The summed E-state index contributed by atoms with van der Waals surface area (Å²) in [5.41, 5.74) is 4.58. The summed E-state index contributed by atoms with van der Waals surface area (Å²) in [7, 11) is 0. The molecule has 6 nitrogen and oxygen atoms in total. The number of aromatic hydroxyl groups is 1. The standard InChI is InChI=1S/C17H16N4O2/c1-10-9-15(20-18-10)17(23)21-19-11(2)13-8-7-12-5-3-4-6-14(12)16(13)22/h3-9,22H,1-2H3,(H,18,20)(H,21,23)/b19-11+. The number of aromatic amines is 1. The van der Waals surface area contributed by atoms with Crippen LogP contribution in [0.15, 0.2) is 47.6 Å². The van der Waals surface area contributed by atoms with Crippen LogP contribution >= 0.6 is 0 Å². The molecule has 0 bridgehead atoms. The molecule has 0 radical (unpaired) electrons. The SMILES string of the molecule is C/C(=N\NC(=O)c1cc(C)[nH]n1)c1ccc2ccccc2c1O. The quantitative estimate of drug-likeness (QED) is 0.513. The van der Waals surface area contributed by atoms with Crippen molar-refractivity contribution in [2.24, 2.45) is 5.10 Å². The number of aryl methyl sites for hydroxylation is 1. The number of nitrogens with one attached hydrogen (secondary N) is 2. The van der Waals surface area contributed by atoms with Gasteiger partial charge in [0.2, 0.25) is 0 Å². The number of benzene rings is 2. The number of carbonyl (C=O) groups excluding carboxylic acids is 1. The van der Waals surface area contributed by atoms with E-state index in [2.05, 4.69) is 20.7 Å². The van der Waals surface area contributed by atoms with Crippen LogP contribution in [0.1, 0.15) is 28.7 Å². The molecule has 0 aliphatic heterocycles. The van der Waals surface area contributed by atoms with Gasteiger partial charge < -0.3 is 5.11 Å². The second-order valence-electron chi connectivity index (χ2n) is 5.26. The van der Waals surface area contributed by atoms with E-state index in [0.717, 1.165) is 16.5 Å². The molecule has 1 amide bonds. The summed E-state index contributed by atoms with van der Waals surface area (Å²) < 4.78 is 0. The fourth-order valence-corrected chi connectivity index (χ4v) is 2.33. The van der Waals surface area contributed by atoms with E-state index in [1.807, 2.05) is 37.3 Å². The summed E-state index contributed by atoms with van der Waals surface area (Å²) in [6.45, 7) is 3.53. The fourth-order valence-electron chi connectivity index (χ4n) is 2.33. The van der Waals surface area contributed by atoms with Gasteiger partial charge in [-0.15, -0.1) is 0 Å². The summed E-state index contributed by atoms with van der Waals surface area (Å²) >= 11 is 0. The third kappa shape index (κ3) is 2.91. The molecule has 6 heteroatoms. The van der Waals surface area contributed by atoms with E-state index >= 15 is 0 Å².